The van der Waals surface area contributed by atoms with Crippen LogP contribution < -0.4 is 5.32 Å². The smallest absolute Gasteiger partial charge is 0.230 e. The minimum atomic E-state index is 0.0877. The Bertz CT molecular complexity index is 736. The number of allylic oxidation sites excluding steroid dienone is 1. The highest BCUT2D eigenvalue weighted by molar-refractivity contribution is 7.99. The van der Waals surface area contributed by atoms with Gasteiger partial charge in [-0.15, -0.1) is 16.8 Å². The van der Waals surface area contributed by atoms with Gasteiger partial charge in [0.15, 0.2) is 5.16 Å². The summed E-state index contributed by atoms with van der Waals surface area (Å²) in [7, 11) is 0. The van der Waals surface area contributed by atoms with E-state index < -0.39 is 0 Å². The number of nitrogens with one attached hydrogen (secondary N) is 1. The van der Waals surface area contributed by atoms with Gasteiger partial charge in [0.1, 0.15) is 5.82 Å². The molecule has 0 spiro atoms. The highest BCUT2D eigenvalue weighted by Crippen LogP contribution is 2.20. The fourth-order valence-electron chi connectivity index (χ4n) is 3.47. The molecule has 0 bridgehead atoms. The van der Waals surface area contributed by atoms with Gasteiger partial charge in [-0.1, -0.05) is 73.9 Å². The van der Waals surface area contributed by atoms with E-state index in [1.165, 1.54) is 43.0 Å². The minimum Gasteiger partial charge on any atom is -0.353 e. The van der Waals surface area contributed by atoms with Crippen LogP contribution in [0.4, 0.5) is 0 Å². The van der Waals surface area contributed by atoms with Crippen LogP contribution in [0.1, 0.15) is 49.9 Å². The number of nitrogens with zero attached hydrogens (tertiary/aromatic N) is 3. The van der Waals surface area contributed by atoms with Gasteiger partial charge in [-0.05, 0) is 18.4 Å². The highest BCUT2D eigenvalue weighted by Gasteiger charge is 2.17. The molecule has 0 atom stereocenters. The summed E-state index contributed by atoms with van der Waals surface area (Å²) >= 11 is 1.45. The monoisotopic (exact) mass is 384 g/mol. The van der Waals surface area contributed by atoms with E-state index in [0.29, 0.717) is 18.3 Å². The molecule has 0 saturated heterocycles. The molecule has 3 rings (SSSR count). The number of carbonyl (C=O) groups is 1. The second-order valence-electron chi connectivity index (χ2n) is 7.01. The van der Waals surface area contributed by atoms with E-state index in [9.17, 15) is 4.79 Å². The van der Waals surface area contributed by atoms with Gasteiger partial charge in [0.2, 0.25) is 5.91 Å². The number of rotatable bonds is 8. The number of carbonyl (C=O) groups excluding carboxylic acids is 1. The highest BCUT2D eigenvalue weighted by atomic mass is 32.2. The molecule has 144 valence electrons. The van der Waals surface area contributed by atoms with Crippen molar-refractivity contribution in [3.8, 4) is 0 Å². The summed E-state index contributed by atoms with van der Waals surface area (Å²) in [6, 6.07) is 10.6. The number of benzene rings is 1. The fraction of sp³-hybridized carbons (Fsp3) is 0.476. The minimum absolute atomic E-state index is 0.0877. The van der Waals surface area contributed by atoms with E-state index in [-0.39, 0.29) is 5.91 Å². The third kappa shape index (κ3) is 5.96. The lowest BCUT2D eigenvalue weighted by atomic mass is 10.1. The molecule has 5 nitrogen and oxygen atoms in total. The Hall–Kier alpha value is -2.08. The van der Waals surface area contributed by atoms with E-state index >= 15 is 0 Å². The summed E-state index contributed by atoms with van der Waals surface area (Å²) in [5.41, 5.74) is 1.19. The van der Waals surface area contributed by atoms with Crippen molar-refractivity contribution in [1.29, 1.82) is 0 Å². The maximum Gasteiger partial charge on any atom is 0.230 e. The lowest BCUT2D eigenvalue weighted by Crippen LogP contribution is -2.35. The molecule has 1 saturated carbocycles. The molecule has 1 N–H and O–H groups in total. The molecule has 27 heavy (non-hydrogen) atoms. The van der Waals surface area contributed by atoms with Gasteiger partial charge in [-0.3, -0.25) is 4.79 Å². The van der Waals surface area contributed by atoms with Crippen molar-refractivity contribution in [3.05, 3.63) is 54.4 Å². The Kier molecular flexibility index (Phi) is 7.51. The second kappa shape index (κ2) is 10.3. The zero-order chi connectivity index (χ0) is 18.9. The normalized spacial score (nSPS) is 15.3. The molecule has 1 heterocycles. The number of aromatic nitrogens is 3. The Balaban J connectivity index is 1.58. The summed E-state index contributed by atoms with van der Waals surface area (Å²) < 4.78 is 2.05. The van der Waals surface area contributed by atoms with Crippen molar-refractivity contribution < 1.29 is 4.79 Å². The van der Waals surface area contributed by atoms with Gasteiger partial charge in [0.05, 0.1) is 5.75 Å². The lowest BCUT2D eigenvalue weighted by Gasteiger charge is -2.16. The Morgan fingerprint density at radius 2 is 1.93 bits per heavy atom. The van der Waals surface area contributed by atoms with E-state index in [2.05, 4.69) is 34.2 Å². The topological polar surface area (TPSA) is 59.8 Å². The predicted molar refractivity (Wildman–Crippen MR) is 110 cm³/mol. The summed E-state index contributed by atoms with van der Waals surface area (Å²) in [6.07, 6.45) is 9.77. The van der Waals surface area contributed by atoms with Crippen LogP contribution in [0.15, 0.2) is 48.1 Å². The van der Waals surface area contributed by atoms with Gasteiger partial charge < -0.3 is 9.88 Å². The van der Waals surface area contributed by atoms with Crippen LogP contribution in [0.25, 0.3) is 0 Å². The third-order valence-corrected chi connectivity index (χ3v) is 5.83. The predicted octanol–water partition coefficient (Wildman–Crippen LogP) is 3.99. The first-order valence-electron chi connectivity index (χ1n) is 9.75. The van der Waals surface area contributed by atoms with Gasteiger partial charge in [0.25, 0.3) is 0 Å². The summed E-state index contributed by atoms with van der Waals surface area (Å²) in [5, 5.41) is 12.6. The standard InChI is InChI=1S/C21H28N4OS/c1-2-14-25-19(15-17-10-6-5-7-11-17)23-24-21(25)27-16-20(26)22-18-12-8-3-4-9-13-18/h2,5-7,10-11,18H,1,3-4,8-9,12-16H2,(H,22,26). The zero-order valence-corrected chi connectivity index (χ0v) is 16.6. The number of thioether (sulfide) groups is 1. The van der Waals surface area contributed by atoms with E-state index in [0.717, 1.165) is 30.2 Å². The number of hydrogen-bond acceptors (Lipinski definition) is 4. The average Bonchev–Trinajstić information content (AvgIpc) is 2.88. The van der Waals surface area contributed by atoms with E-state index in [4.69, 9.17) is 0 Å². The molecule has 1 aromatic heterocycles. The molecule has 6 heteroatoms. The molecule has 1 amide bonds. The molecular formula is C21H28N4OS. The molecule has 1 aliphatic rings. The van der Waals surface area contributed by atoms with Gasteiger partial charge >= 0.3 is 0 Å². The van der Waals surface area contributed by atoms with Crippen LogP contribution >= 0.6 is 11.8 Å². The quantitative estimate of drug-likeness (QED) is 0.425. The van der Waals surface area contributed by atoms with Crippen molar-refractivity contribution >= 4 is 17.7 Å². The molecule has 2 aromatic rings. The summed E-state index contributed by atoms with van der Waals surface area (Å²) in [6.45, 7) is 4.48. The van der Waals surface area contributed by atoms with Crippen LogP contribution in [0.2, 0.25) is 0 Å². The van der Waals surface area contributed by atoms with Gasteiger partial charge in [-0.2, -0.15) is 0 Å². The lowest BCUT2D eigenvalue weighted by molar-refractivity contribution is -0.119. The first-order valence-corrected chi connectivity index (χ1v) is 10.7. The van der Waals surface area contributed by atoms with E-state index in [1.54, 1.807) is 0 Å². The fourth-order valence-corrected chi connectivity index (χ4v) is 4.25. The van der Waals surface area contributed by atoms with Crippen LogP contribution in [-0.2, 0) is 17.8 Å². The maximum absolute atomic E-state index is 12.4. The Morgan fingerprint density at radius 1 is 1.19 bits per heavy atom. The first-order chi connectivity index (χ1) is 13.3. The Labute approximate surface area is 165 Å². The van der Waals surface area contributed by atoms with E-state index in [1.807, 2.05) is 28.8 Å². The molecule has 1 aliphatic carbocycles. The molecule has 1 fully saturated rings. The molecule has 1 aromatic carbocycles. The summed E-state index contributed by atoms with van der Waals surface area (Å²) in [5.74, 6) is 1.36. The summed E-state index contributed by atoms with van der Waals surface area (Å²) in [4.78, 5) is 12.4. The van der Waals surface area contributed by atoms with Crippen molar-refractivity contribution in [2.24, 2.45) is 0 Å². The van der Waals surface area contributed by atoms with Crippen LogP contribution in [-0.4, -0.2) is 32.5 Å². The average molecular weight is 385 g/mol. The number of hydrogen-bond donors (Lipinski definition) is 1. The van der Waals surface area contributed by atoms with Crippen LogP contribution in [0.5, 0.6) is 0 Å². The van der Waals surface area contributed by atoms with Crippen molar-refractivity contribution in [2.75, 3.05) is 5.75 Å². The third-order valence-electron chi connectivity index (χ3n) is 4.86. The van der Waals surface area contributed by atoms with Gasteiger partial charge in [0, 0.05) is 19.0 Å². The number of amides is 1. The van der Waals surface area contributed by atoms with Crippen molar-refractivity contribution in [2.45, 2.75) is 62.7 Å². The van der Waals surface area contributed by atoms with Crippen LogP contribution in [0.3, 0.4) is 0 Å². The van der Waals surface area contributed by atoms with Crippen molar-refractivity contribution in [1.82, 2.24) is 20.1 Å². The SMILES string of the molecule is C=CCn1c(Cc2ccccc2)nnc1SCC(=O)NC1CCCCCC1. The van der Waals surface area contributed by atoms with Gasteiger partial charge in [-0.25, -0.2) is 0 Å². The Morgan fingerprint density at radius 3 is 2.63 bits per heavy atom. The maximum atomic E-state index is 12.4. The van der Waals surface area contributed by atoms with Crippen LogP contribution in [0, 0.1) is 0 Å². The van der Waals surface area contributed by atoms with Crippen molar-refractivity contribution in [3.63, 3.8) is 0 Å². The molecule has 0 radical (unpaired) electrons. The largest absolute Gasteiger partial charge is 0.353 e. The first kappa shape index (κ1) is 19.7. The molecule has 0 aliphatic heterocycles. The zero-order valence-electron chi connectivity index (χ0n) is 15.8. The molecular weight excluding hydrogens is 356 g/mol. The molecule has 0 unspecified atom stereocenters. The second-order valence-corrected chi connectivity index (χ2v) is 7.95.